The third-order valence-electron chi connectivity index (χ3n) is 4.02. The summed E-state index contributed by atoms with van der Waals surface area (Å²) >= 11 is 0. The molecule has 0 bridgehead atoms. The molecular weight excluding hydrogens is 246 g/mol. The number of hydrogen-bond acceptors (Lipinski definition) is 4. The second-order valence-corrected chi connectivity index (χ2v) is 5.28. The van der Waals surface area contributed by atoms with E-state index in [1.54, 1.807) is 6.20 Å². The zero-order valence-corrected chi connectivity index (χ0v) is 10.6. The number of nitrogens with zero attached hydrogens (tertiary/aromatic N) is 2. The first-order valence-corrected chi connectivity index (χ1v) is 6.76. The highest BCUT2D eigenvalue weighted by Crippen LogP contribution is 2.24. The van der Waals surface area contributed by atoms with E-state index >= 15 is 0 Å². The smallest absolute Gasteiger partial charge is 0.326 e. The maximum absolute atomic E-state index is 12.4. The number of aromatic nitrogens is 2. The van der Waals surface area contributed by atoms with Crippen molar-refractivity contribution >= 4 is 11.7 Å². The van der Waals surface area contributed by atoms with Crippen LogP contribution in [0.1, 0.15) is 44.0 Å². The van der Waals surface area contributed by atoms with Crippen LogP contribution in [-0.4, -0.2) is 26.7 Å². The summed E-state index contributed by atoms with van der Waals surface area (Å²) in [5.41, 5.74) is 0.186. The summed E-state index contributed by atoms with van der Waals surface area (Å²) in [6.45, 7) is 0. The van der Waals surface area contributed by atoms with Gasteiger partial charge < -0.3 is 10.4 Å². The molecule has 0 unspecified atom stereocenters. The lowest BCUT2D eigenvalue weighted by Gasteiger charge is -2.15. The van der Waals surface area contributed by atoms with Gasteiger partial charge in [-0.2, -0.15) is 0 Å². The van der Waals surface area contributed by atoms with Gasteiger partial charge in [0, 0.05) is 12.5 Å². The monoisotopic (exact) mass is 263 g/mol. The molecule has 1 aliphatic carbocycles. The van der Waals surface area contributed by atoms with E-state index in [0.717, 1.165) is 12.8 Å². The number of carbonyl (C=O) groups is 1. The molecule has 1 atom stereocenters. The van der Waals surface area contributed by atoms with E-state index in [1.807, 2.05) is 0 Å². The van der Waals surface area contributed by atoms with E-state index in [0.29, 0.717) is 30.4 Å². The van der Waals surface area contributed by atoms with Crippen molar-refractivity contribution in [1.82, 2.24) is 9.55 Å². The van der Waals surface area contributed by atoms with Crippen molar-refractivity contribution < 1.29 is 9.90 Å². The Bertz CT molecular complexity index is 561. The molecule has 19 heavy (non-hydrogen) atoms. The largest absolute Gasteiger partial charge is 0.480 e. The van der Waals surface area contributed by atoms with E-state index in [4.69, 9.17) is 5.11 Å². The first-order valence-electron chi connectivity index (χ1n) is 6.76. The molecule has 3 rings (SSSR count). The summed E-state index contributed by atoms with van der Waals surface area (Å²) in [6, 6.07) is -0.446. The van der Waals surface area contributed by atoms with E-state index in [-0.39, 0.29) is 5.56 Å². The molecule has 102 valence electrons. The minimum Gasteiger partial charge on any atom is -0.480 e. The van der Waals surface area contributed by atoms with Crippen LogP contribution in [0.2, 0.25) is 0 Å². The highest BCUT2D eigenvalue weighted by molar-refractivity contribution is 5.72. The Morgan fingerprint density at radius 1 is 1.37 bits per heavy atom. The van der Waals surface area contributed by atoms with Crippen LogP contribution in [0.25, 0.3) is 0 Å². The van der Waals surface area contributed by atoms with E-state index in [9.17, 15) is 9.59 Å². The molecule has 2 aliphatic rings. The number of fused-ring (bicyclic) bond motifs is 1. The number of rotatable bonds is 3. The third-order valence-corrected chi connectivity index (χ3v) is 4.02. The van der Waals surface area contributed by atoms with Gasteiger partial charge in [0.05, 0.1) is 6.20 Å². The zero-order valence-electron chi connectivity index (χ0n) is 10.6. The molecule has 2 N–H and O–H groups in total. The van der Waals surface area contributed by atoms with Gasteiger partial charge in [0.1, 0.15) is 17.6 Å². The fourth-order valence-electron chi connectivity index (χ4n) is 3.03. The number of aryl methyl sites for hydroxylation is 1. The molecule has 6 nitrogen and oxygen atoms in total. The molecule has 0 radical (unpaired) electrons. The number of nitrogens with one attached hydrogen (secondary N) is 1. The van der Waals surface area contributed by atoms with E-state index in [2.05, 4.69) is 10.3 Å². The van der Waals surface area contributed by atoms with Crippen LogP contribution in [0.5, 0.6) is 0 Å². The Morgan fingerprint density at radius 2 is 2.11 bits per heavy atom. The quantitative estimate of drug-likeness (QED) is 0.855. The van der Waals surface area contributed by atoms with Crippen LogP contribution in [0, 0.1) is 0 Å². The molecule has 6 heteroatoms. The number of carboxylic acids is 1. The minimum atomic E-state index is -0.958. The molecule has 0 aromatic carbocycles. The van der Waals surface area contributed by atoms with Gasteiger partial charge in [-0.3, -0.25) is 9.36 Å². The summed E-state index contributed by atoms with van der Waals surface area (Å²) in [4.78, 5) is 27.8. The van der Waals surface area contributed by atoms with Crippen molar-refractivity contribution in [1.29, 1.82) is 0 Å². The lowest BCUT2D eigenvalue weighted by molar-refractivity contribution is -0.140. The number of carboxylic acid groups (broad SMARTS) is 1. The Hall–Kier alpha value is -1.85. The van der Waals surface area contributed by atoms with Gasteiger partial charge in [-0.25, -0.2) is 9.78 Å². The Balaban J connectivity index is 1.93. The number of aliphatic carboxylic acids is 1. The molecule has 1 aromatic heterocycles. The number of anilines is 1. The van der Waals surface area contributed by atoms with Crippen molar-refractivity contribution in [2.45, 2.75) is 50.6 Å². The van der Waals surface area contributed by atoms with E-state index in [1.165, 1.54) is 17.4 Å². The SMILES string of the molecule is O=C(O)[C@@H]1CCc2ncc(NC3CCCC3)c(=O)n21. The van der Waals surface area contributed by atoms with Gasteiger partial charge in [0.2, 0.25) is 0 Å². The zero-order chi connectivity index (χ0) is 13.4. The highest BCUT2D eigenvalue weighted by Gasteiger charge is 2.31. The van der Waals surface area contributed by atoms with Gasteiger partial charge >= 0.3 is 5.97 Å². The van der Waals surface area contributed by atoms with Crippen LogP contribution in [0.3, 0.4) is 0 Å². The van der Waals surface area contributed by atoms with Crippen LogP contribution >= 0.6 is 0 Å². The number of hydrogen-bond donors (Lipinski definition) is 2. The fourth-order valence-corrected chi connectivity index (χ4v) is 3.03. The minimum absolute atomic E-state index is 0.248. The molecule has 2 heterocycles. The Morgan fingerprint density at radius 3 is 2.79 bits per heavy atom. The average molecular weight is 263 g/mol. The Labute approximate surface area is 110 Å². The first-order chi connectivity index (χ1) is 9.16. The van der Waals surface area contributed by atoms with Gasteiger partial charge in [-0.1, -0.05) is 12.8 Å². The molecule has 0 spiro atoms. The van der Waals surface area contributed by atoms with Crippen LogP contribution in [0.4, 0.5) is 5.69 Å². The maximum atomic E-state index is 12.4. The normalized spacial score (nSPS) is 22.4. The lowest BCUT2D eigenvalue weighted by Crippen LogP contribution is -2.31. The third kappa shape index (κ3) is 2.11. The van der Waals surface area contributed by atoms with Gasteiger partial charge in [-0.05, 0) is 19.3 Å². The van der Waals surface area contributed by atoms with Crippen LogP contribution in [0.15, 0.2) is 11.0 Å². The van der Waals surface area contributed by atoms with Gasteiger partial charge in [0.15, 0.2) is 0 Å². The molecule has 1 aromatic rings. The lowest BCUT2D eigenvalue weighted by atomic mass is 10.2. The van der Waals surface area contributed by atoms with Crippen molar-refractivity contribution in [3.8, 4) is 0 Å². The van der Waals surface area contributed by atoms with E-state index < -0.39 is 12.0 Å². The van der Waals surface area contributed by atoms with Gasteiger partial charge in [0.25, 0.3) is 5.56 Å². The van der Waals surface area contributed by atoms with Crippen molar-refractivity contribution in [3.63, 3.8) is 0 Å². The Kier molecular flexibility index (Phi) is 3.00. The molecule has 1 aliphatic heterocycles. The summed E-state index contributed by atoms with van der Waals surface area (Å²) < 4.78 is 1.33. The molecule has 0 saturated heterocycles. The van der Waals surface area contributed by atoms with Crippen LogP contribution < -0.4 is 10.9 Å². The first kappa shape index (κ1) is 12.2. The fraction of sp³-hybridized carbons (Fsp3) is 0.615. The summed E-state index contributed by atoms with van der Waals surface area (Å²) in [5, 5.41) is 12.4. The standard InChI is InChI=1S/C13H17N3O3/c17-12-9(15-8-3-1-2-4-8)7-14-11-6-5-10(13(18)19)16(11)12/h7-8,10,15H,1-6H2,(H,18,19)/t10-/m0/s1. The molecule has 1 fully saturated rings. The summed E-state index contributed by atoms with van der Waals surface area (Å²) in [6.07, 6.45) is 7.02. The van der Waals surface area contributed by atoms with Gasteiger partial charge in [-0.15, -0.1) is 0 Å². The summed E-state index contributed by atoms with van der Waals surface area (Å²) in [7, 11) is 0. The topological polar surface area (TPSA) is 84.2 Å². The maximum Gasteiger partial charge on any atom is 0.326 e. The summed E-state index contributed by atoms with van der Waals surface area (Å²) in [5.74, 6) is -0.380. The molecule has 0 amide bonds. The van der Waals surface area contributed by atoms with Crippen molar-refractivity contribution in [3.05, 3.63) is 22.4 Å². The predicted molar refractivity (Wildman–Crippen MR) is 69.4 cm³/mol. The second kappa shape index (κ2) is 4.68. The average Bonchev–Trinajstić information content (AvgIpc) is 3.01. The predicted octanol–water partition coefficient (Wildman–Crippen LogP) is 1.17. The van der Waals surface area contributed by atoms with Crippen molar-refractivity contribution in [2.75, 3.05) is 5.32 Å². The second-order valence-electron chi connectivity index (χ2n) is 5.28. The van der Waals surface area contributed by atoms with Crippen molar-refractivity contribution in [2.24, 2.45) is 0 Å². The molecular formula is C13H17N3O3. The highest BCUT2D eigenvalue weighted by atomic mass is 16.4. The van der Waals surface area contributed by atoms with Crippen LogP contribution in [-0.2, 0) is 11.2 Å². The molecule has 1 saturated carbocycles.